The highest BCUT2D eigenvalue weighted by Crippen LogP contribution is 2.45. The van der Waals surface area contributed by atoms with Crippen LogP contribution in [0.3, 0.4) is 0 Å². The Morgan fingerprint density at radius 3 is 2.50 bits per heavy atom. The van der Waals surface area contributed by atoms with E-state index < -0.39 is 11.4 Å². The molecule has 0 bridgehead atoms. The van der Waals surface area contributed by atoms with Crippen LogP contribution in [-0.4, -0.2) is 30.2 Å². The molecule has 0 saturated heterocycles. The first-order chi connectivity index (χ1) is 9.50. The monoisotopic (exact) mass is 276 g/mol. The van der Waals surface area contributed by atoms with Crippen LogP contribution in [0.4, 0.5) is 10.5 Å². The number of urea groups is 1. The average molecular weight is 276 g/mol. The van der Waals surface area contributed by atoms with Crippen molar-refractivity contribution >= 4 is 17.7 Å². The third-order valence-electron chi connectivity index (χ3n) is 3.85. The number of carbonyl (C=O) groups is 2. The number of benzene rings is 1. The number of rotatable bonds is 5. The summed E-state index contributed by atoms with van der Waals surface area (Å²) in [7, 11) is 0. The number of aliphatic carboxylic acids is 1. The SMILES string of the molecule is CCN(C(=O)NCC1(C(=O)O)CC1)c1ccccc1C. The van der Waals surface area contributed by atoms with Gasteiger partial charge in [-0.05, 0) is 38.3 Å². The number of para-hydroxylation sites is 1. The van der Waals surface area contributed by atoms with E-state index in [1.54, 1.807) is 4.90 Å². The second kappa shape index (κ2) is 5.53. The summed E-state index contributed by atoms with van der Waals surface area (Å²) < 4.78 is 0. The molecule has 1 fully saturated rings. The van der Waals surface area contributed by atoms with Crippen LogP contribution in [0.25, 0.3) is 0 Å². The Kier molecular flexibility index (Phi) is 3.97. The van der Waals surface area contributed by atoms with E-state index >= 15 is 0 Å². The van der Waals surface area contributed by atoms with Crippen molar-refractivity contribution in [1.82, 2.24) is 5.32 Å². The van der Waals surface area contributed by atoms with Crippen molar-refractivity contribution in [2.45, 2.75) is 26.7 Å². The maximum atomic E-state index is 12.2. The first kappa shape index (κ1) is 14.4. The zero-order chi connectivity index (χ0) is 14.8. The number of aryl methyl sites for hydroxylation is 1. The molecular weight excluding hydrogens is 256 g/mol. The standard InChI is InChI=1S/C15H20N2O3/c1-3-17(12-7-5-4-6-11(12)2)14(20)16-10-15(8-9-15)13(18)19/h4-7H,3,8-10H2,1-2H3,(H,16,20)(H,18,19). The molecule has 0 heterocycles. The molecule has 5 heteroatoms. The highest BCUT2D eigenvalue weighted by Gasteiger charge is 2.50. The van der Waals surface area contributed by atoms with Crippen LogP contribution >= 0.6 is 0 Å². The molecule has 20 heavy (non-hydrogen) atoms. The molecule has 1 aliphatic rings. The molecule has 1 aromatic carbocycles. The highest BCUT2D eigenvalue weighted by molar-refractivity contribution is 5.93. The van der Waals surface area contributed by atoms with Gasteiger partial charge in [-0.3, -0.25) is 9.69 Å². The maximum Gasteiger partial charge on any atom is 0.321 e. The van der Waals surface area contributed by atoms with Gasteiger partial charge >= 0.3 is 12.0 Å². The molecule has 1 saturated carbocycles. The zero-order valence-corrected chi connectivity index (χ0v) is 11.8. The molecule has 2 N–H and O–H groups in total. The molecule has 2 amide bonds. The van der Waals surface area contributed by atoms with Crippen molar-refractivity contribution in [3.63, 3.8) is 0 Å². The molecule has 5 nitrogen and oxygen atoms in total. The minimum absolute atomic E-state index is 0.198. The lowest BCUT2D eigenvalue weighted by Gasteiger charge is -2.24. The lowest BCUT2D eigenvalue weighted by Crippen LogP contribution is -2.43. The highest BCUT2D eigenvalue weighted by atomic mass is 16.4. The van der Waals surface area contributed by atoms with Gasteiger partial charge in [-0.25, -0.2) is 4.79 Å². The number of amides is 2. The fourth-order valence-corrected chi connectivity index (χ4v) is 2.25. The van der Waals surface area contributed by atoms with E-state index in [2.05, 4.69) is 5.32 Å². The number of anilines is 1. The molecule has 0 spiro atoms. The molecule has 1 aromatic rings. The van der Waals surface area contributed by atoms with Crippen LogP contribution in [0.15, 0.2) is 24.3 Å². The summed E-state index contributed by atoms with van der Waals surface area (Å²) in [6.07, 6.45) is 1.28. The lowest BCUT2D eigenvalue weighted by atomic mass is 10.1. The predicted octanol–water partition coefficient (Wildman–Crippen LogP) is 2.40. The average Bonchev–Trinajstić information content (AvgIpc) is 3.20. The Balaban J connectivity index is 2.03. The van der Waals surface area contributed by atoms with E-state index in [0.717, 1.165) is 11.3 Å². The van der Waals surface area contributed by atoms with Gasteiger partial charge in [-0.1, -0.05) is 18.2 Å². The summed E-state index contributed by atoms with van der Waals surface area (Å²) in [6.45, 7) is 4.58. The number of nitrogens with zero attached hydrogens (tertiary/aromatic N) is 1. The summed E-state index contributed by atoms with van der Waals surface area (Å²) in [6, 6.07) is 7.41. The normalized spacial score (nSPS) is 15.5. The topological polar surface area (TPSA) is 69.6 Å². The predicted molar refractivity (Wildman–Crippen MR) is 76.9 cm³/mol. The van der Waals surface area contributed by atoms with E-state index in [4.69, 9.17) is 5.11 Å². The van der Waals surface area contributed by atoms with Gasteiger partial charge < -0.3 is 10.4 Å². The Labute approximate surface area is 118 Å². The molecular formula is C15H20N2O3. The Morgan fingerprint density at radius 2 is 2.00 bits per heavy atom. The van der Waals surface area contributed by atoms with Crippen molar-refractivity contribution in [1.29, 1.82) is 0 Å². The smallest absolute Gasteiger partial charge is 0.321 e. The van der Waals surface area contributed by atoms with E-state index in [1.165, 1.54) is 0 Å². The Hall–Kier alpha value is -2.04. The van der Waals surface area contributed by atoms with Crippen LogP contribution in [0.2, 0.25) is 0 Å². The molecule has 0 atom stereocenters. The van der Waals surface area contributed by atoms with Crippen molar-refractivity contribution in [2.24, 2.45) is 5.41 Å². The number of hydrogen-bond donors (Lipinski definition) is 2. The van der Waals surface area contributed by atoms with Gasteiger partial charge in [0.15, 0.2) is 0 Å². The van der Waals surface area contributed by atoms with E-state index in [-0.39, 0.29) is 12.6 Å². The van der Waals surface area contributed by atoms with Crippen LogP contribution in [0, 0.1) is 12.3 Å². The van der Waals surface area contributed by atoms with Crippen molar-refractivity contribution < 1.29 is 14.7 Å². The summed E-state index contributed by atoms with van der Waals surface area (Å²) in [5.41, 5.74) is 1.14. The quantitative estimate of drug-likeness (QED) is 0.867. The van der Waals surface area contributed by atoms with E-state index in [9.17, 15) is 9.59 Å². The number of hydrogen-bond acceptors (Lipinski definition) is 2. The van der Waals surface area contributed by atoms with E-state index in [0.29, 0.717) is 19.4 Å². The molecule has 0 aliphatic heterocycles. The van der Waals surface area contributed by atoms with Gasteiger partial charge in [-0.2, -0.15) is 0 Å². The van der Waals surface area contributed by atoms with Crippen LogP contribution in [0.5, 0.6) is 0 Å². The van der Waals surface area contributed by atoms with Crippen LogP contribution in [0.1, 0.15) is 25.3 Å². The second-order valence-electron chi connectivity index (χ2n) is 5.27. The first-order valence-electron chi connectivity index (χ1n) is 6.84. The minimum atomic E-state index is -0.822. The Morgan fingerprint density at radius 1 is 1.35 bits per heavy atom. The van der Waals surface area contributed by atoms with Crippen molar-refractivity contribution in [2.75, 3.05) is 18.0 Å². The van der Waals surface area contributed by atoms with Crippen LogP contribution in [-0.2, 0) is 4.79 Å². The largest absolute Gasteiger partial charge is 0.481 e. The molecule has 2 rings (SSSR count). The van der Waals surface area contributed by atoms with Gasteiger partial charge in [0.1, 0.15) is 0 Å². The fourth-order valence-electron chi connectivity index (χ4n) is 2.25. The van der Waals surface area contributed by atoms with Gasteiger partial charge in [0.25, 0.3) is 0 Å². The summed E-state index contributed by atoms with van der Waals surface area (Å²) in [5, 5.41) is 11.9. The molecule has 0 aromatic heterocycles. The lowest BCUT2D eigenvalue weighted by molar-refractivity contribution is -0.143. The number of nitrogens with one attached hydrogen (secondary N) is 1. The van der Waals surface area contributed by atoms with Crippen molar-refractivity contribution in [3.8, 4) is 0 Å². The maximum absolute atomic E-state index is 12.2. The summed E-state index contributed by atoms with van der Waals surface area (Å²) >= 11 is 0. The van der Waals surface area contributed by atoms with Gasteiger partial charge in [0.2, 0.25) is 0 Å². The zero-order valence-electron chi connectivity index (χ0n) is 11.8. The minimum Gasteiger partial charge on any atom is -0.481 e. The molecule has 1 aliphatic carbocycles. The van der Waals surface area contributed by atoms with Gasteiger partial charge in [0, 0.05) is 18.8 Å². The molecule has 0 radical (unpaired) electrons. The second-order valence-corrected chi connectivity index (χ2v) is 5.27. The van der Waals surface area contributed by atoms with Gasteiger partial charge in [-0.15, -0.1) is 0 Å². The first-order valence-corrected chi connectivity index (χ1v) is 6.84. The number of carboxylic acid groups (broad SMARTS) is 1. The Bertz CT molecular complexity index is 524. The number of carboxylic acids is 1. The molecule has 0 unspecified atom stereocenters. The summed E-state index contributed by atoms with van der Waals surface area (Å²) in [5.74, 6) is -0.822. The fraction of sp³-hybridized carbons (Fsp3) is 0.467. The third-order valence-corrected chi connectivity index (χ3v) is 3.85. The third kappa shape index (κ3) is 2.76. The number of carbonyl (C=O) groups excluding carboxylic acids is 1. The van der Waals surface area contributed by atoms with E-state index in [1.807, 2.05) is 38.1 Å². The van der Waals surface area contributed by atoms with Crippen molar-refractivity contribution in [3.05, 3.63) is 29.8 Å². The van der Waals surface area contributed by atoms with Gasteiger partial charge in [0.05, 0.1) is 5.41 Å². The van der Waals surface area contributed by atoms with Crippen LogP contribution < -0.4 is 10.2 Å². The molecule has 108 valence electrons. The summed E-state index contributed by atoms with van der Waals surface area (Å²) in [4.78, 5) is 25.0.